The number of hydrogen-bond donors (Lipinski definition) is 1. The number of anilines is 1. The van der Waals surface area contributed by atoms with Gasteiger partial charge in [0.25, 0.3) is 5.69 Å². The standard InChI is InChI=1S/C16H26N2O2/c1-5-6-7-10-16(3,4)12-17-15-11-14(18(19)20)9-8-13(15)2/h8-9,11,17H,5-7,10,12H2,1-4H3. The molecule has 0 aromatic heterocycles. The van der Waals surface area contributed by atoms with Crippen molar-refractivity contribution in [3.63, 3.8) is 0 Å². The second-order valence-corrected chi connectivity index (χ2v) is 6.23. The SMILES string of the molecule is CCCCCC(C)(C)CNc1cc([N+](=O)[O-])ccc1C. The number of nitrogens with zero attached hydrogens (tertiary/aromatic N) is 1. The van der Waals surface area contributed by atoms with Gasteiger partial charge in [-0.05, 0) is 24.3 Å². The van der Waals surface area contributed by atoms with Gasteiger partial charge in [-0.25, -0.2) is 0 Å². The van der Waals surface area contributed by atoms with Crippen molar-refractivity contribution in [2.75, 3.05) is 11.9 Å². The fourth-order valence-electron chi connectivity index (χ4n) is 2.19. The topological polar surface area (TPSA) is 55.2 Å². The van der Waals surface area contributed by atoms with E-state index in [0.717, 1.165) is 17.8 Å². The zero-order chi connectivity index (χ0) is 15.2. The van der Waals surface area contributed by atoms with Gasteiger partial charge < -0.3 is 5.32 Å². The van der Waals surface area contributed by atoms with E-state index < -0.39 is 0 Å². The smallest absolute Gasteiger partial charge is 0.271 e. The van der Waals surface area contributed by atoms with Gasteiger partial charge in [0.1, 0.15) is 0 Å². The van der Waals surface area contributed by atoms with Crippen LogP contribution in [0.15, 0.2) is 18.2 Å². The lowest BCUT2D eigenvalue weighted by Crippen LogP contribution is -2.23. The van der Waals surface area contributed by atoms with Crippen molar-refractivity contribution >= 4 is 11.4 Å². The maximum absolute atomic E-state index is 10.8. The summed E-state index contributed by atoms with van der Waals surface area (Å²) in [5.41, 5.74) is 2.25. The average molecular weight is 278 g/mol. The van der Waals surface area contributed by atoms with Gasteiger partial charge in [0, 0.05) is 24.4 Å². The van der Waals surface area contributed by atoms with Crippen molar-refractivity contribution < 1.29 is 4.92 Å². The van der Waals surface area contributed by atoms with Crippen molar-refractivity contribution in [3.05, 3.63) is 33.9 Å². The first-order chi connectivity index (χ1) is 9.35. The fourth-order valence-corrected chi connectivity index (χ4v) is 2.19. The fraction of sp³-hybridized carbons (Fsp3) is 0.625. The zero-order valence-corrected chi connectivity index (χ0v) is 13.0. The molecule has 0 radical (unpaired) electrons. The predicted octanol–water partition coefficient (Wildman–Crippen LogP) is 4.92. The summed E-state index contributed by atoms with van der Waals surface area (Å²) in [4.78, 5) is 10.5. The van der Waals surface area contributed by atoms with Crippen molar-refractivity contribution in [2.24, 2.45) is 5.41 Å². The van der Waals surface area contributed by atoms with E-state index in [0.29, 0.717) is 0 Å². The second-order valence-electron chi connectivity index (χ2n) is 6.23. The molecule has 4 heteroatoms. The quantitative estimate of drug-likeness (QED) is 0.417. The van der Waals surface area contributed by atoms with Crippen LogP contribution in [-0.2, 0) is 0 Å². The van der Waals surface area contributed by atoms with Crippen LogP contribution in [0.2, 0.25) is 0 Å². The number of rotatable bonds is 8. The molecule has 0 atom stereocenters. The first kappa shape index (κ1) is 16.5. The summed E-state index contributed by atoms with van der Waals surface area (Å²) < 4.78 is 0. The minimum absolute atomic E-state index is 0.141. The van der Waals surface area contributed by atoms with E-state index in [2.05, 4.69) is 26.1 Å². The van der Waals surface area contributed by atoms with E-state index in [1.54, 1.807) is 18.2 Å². The normalized spacial score (nSPS) is 11.4. The Labute approximate surface area is 121 Å². The Bertz CT molecular complexity index is 456. The summed E-state index contributed by atoms with van der Waals surface area (Å²) in [7, 11) is 0. The number of unbranched alkanes of at least 4 members (excludes halogenated alkanes) is 2. The average Bonchev–Trinajstić information content (AvgIpc) is 2.37. The van der Waals surface area contributed by atoms with Gasteiger partial charge in [-0.15, -0.1) is 0 Å². The van der Waals surface area contributed by atoms with E-state index >= 15 is 0 Å². The summed E-state index contributed by atoms with van der Waals surface area (Å²) in [5, 5.41) is 14.2. The monoisotopic (exact) mass is 278 g/mol. The lowest BCUT2D eigenvalue weighted by atomic mass is 9.86. The number of hydrogen-bond acceptors (Lipinski definition) is 3. The van der Waals surface area contributed by atoms with Gasteiger partial charge >= 0.3 is 0 Å². The summed E-state index contributed by atoms with van der Waals surface area (Å²) in [6.45, 7) is 9.48. The van der Waals surface area contributed by atoms with Gasteiger partial charge in [0.15, 0.2) is 0 Å². The number of aryl methyl sites for hydroxylation is 1. The first-order valence-corrected chi connectivity index (χ1v) is 7.34. The van der Waals surface area contributed by atoms with Crippen molar-refractivity contribution in [1.29, 1.82) is 0 Å². The molecule has 0 amide bonds. The highest BCUT2D eigenvalue weighted by atomic mass is 16.6. The lowest BCUT2D eigenvalue weighted by molar-refractivity contribution is -0.384. The molecular weight excluding hydrogens is 252 g/mol. The number of nitrogens with one attached hydrogen (secondary N) is 1. The molecular formula is C16H26N2O2. The molecule has 1 N–H and O–H groups in total. The molecule has 1 rings (SSSR count). The molecule has 0 heterocycles. The number of nitro benzene ring substituents is 1. The molecule has 0 aliphatic carbocycles. The largest absolute Gasteiger partial charge is 0.384 e. The minimum Gasteiger partial charge on any atom is -0.384 e. The third-order valence-electron chi connectivity index (χ3n) is 3.65. The van der Waals surface area contributed by atoms with Crippen LogP contribution in [-0.4, -0.2) is 11.5 Å². The van der Waals surface area contributed by atoms with Gasteiger partial charge in [-0.3, -0.25) is 10.1 Å². The van der Waals surface area contributed by atoms with Crippen LogP contribution in [0.3, 0.4) is 0 Å². The van der Waals surface area contributed by atoms with Crippen LogP contribution in [0, 0.1) is 22.5 Å². The lowest BCUT2D eigenvalue weighted by Gasteiger charge is -2.26. The van der Waals surface area contributed by atoms with Crippen LogP contribution in [0.25, 0.3) is 0 Å². The maximum Gasteiger partial charge on any atom is 0.271 e. The van der Waals surface area contributed by atoms with Gasteiger partial charge in [-0.1, -0.05) is 46.1 Å². The molecule has 0 fully saturated rings. The van der Waals surface area contributed by atoms with E-state index in [1.807, 2.05) is 6.92 Å². The third kappa shape index (κ3) is 5.19. The molecule has 1 aromatic rings. The molecule has 112 valence electrons. The summed E-state index contributed by atoms with van der Waals surface area (Å²) in [6, 6.07) is 4.97. The van der Waals surface area contributed by atoms with Crippen molar-refractivity contribution in [3.8, 4) is 0 Å². The summed E-state index contributed by atoms with van der Waals surface area (Å²) in [5.74, 6) is 0. The highest BCUT2D eigenvalue weighted by Crippen LogP contribution is 2.27. The molecule has 1 aromatic carbocycles. The first-order valence-electron chi connectivity index (χ1n) is 7.34. The van der Waals surface area contributed by atoms with E-state index in [-0.39, 0.29) is 16.0 Å². The Hall–Kier alpha value is -1.58. The predicted molar refractivity (Wildman–Crippen MR) is 84.2 cm³/mol. The Morgan fingerprint density at radius 3 is 2.60 bits per heavy atom. The maximum atomic E-state index is 10.8. The molecule has 0 aliphatic heterocycles. The Morgan fingerprint density at radius 2 is 2.00 bits per heavy atom. The van der Waals surface area contributed by atoms with E-state index in [1.165, 1.54) is 25.7 Å². The van der Waals surface area contributed by atoms with Crippen molar-refractivity contribution in [1.82, 2.24) is 0 Å². The minimum atomic E-state index is -0.350. The van der Waals surface area contributed by atoms with Crippen LogP contribution in [0.5, 0.6) is 0 Å². The Morgan fingerprint density at radius 1 is 1.30 bits per heavy atom. The van der Waals surface area contributed by atoms with Gasteiger partial charge in [0.05, 0.1) is 4.92 Å². The molecule has 0 saturated carbocycles. The molecule has 20 heavy (non-hydrogen) atoms. The highest BCUT2D eigenvalue weighted by molar-refractivity contribution is 5.56. The Kier molecular flexibility index (Phi) is 5.99. The molecule has 0 aliphatic rings. The molecule has 0 unspecified atom stereocenters. The molecule has 0 bridgehead atoms. The zero-order valence-electron chi connectivity index (χ0n) is 13.0. The van der Waals surface area contributed by atoms with Crippen LogP contribution in [0.1, 0.15) is 52.0 Å². The number of non-ortho nitro benzene ring substituents is 1. The molecule has 0 saturated heterocycles. The highest BCUT2D eigenvalue weighted by Gasteiger charge is 2.18. The number of benzene rings is 1. The molecule has 0 spiro atoms. The van der Waals surface area contributed by atoms with Gasteiger partial charge in [0.2, 0.25) is 0 Å². The van der Waals surface area contributed by atoms with Crippen LogP contribution < -0.4 is 5.32 Å². The van der Waals surface area contributed by atoms with E-state index in [4.69, 9.17) is 0 Å². The third-order valence-corrected chi connectivity index (χ3v) is 3.65. The van der Waals surface area contributed by atoms with Crippen LogP contribution in [0.4, 0.5) is 11.4 Å². The summed E-state index contributed by atoms with van der Waals surface area (Å²) >= 11 is 0. The van der Waals surface area contributed by atoms with E-state index in [9.17, 15) is 10.1 Å². The second kappa shape index (κ2) is 7.27. The van der Waals surface area contributed by atoms with Gasteiger partial charge in [-0.2, -0.15) is 0 Å². The number of nitro groups is 1. The van der Waals surface area contributed by atoms with Crippen molar-refractivity contribution in [2.45, 2.75) is 53.4 Å². The van der Waals surface area contributed by atoms with Crippen LogP contribution >= 0.6 is 0 Å². The Balaban J connectivity index is 2.64. The molecule has 4 nitrogen and oxygen atoms in total. The summed E-state index contributed by atoms with van der Waals surface area (Å²) in [6.07, 6.45) is 4.90.